The maximum Gasteiger partial charge on any atom is 0.243 e. The molecule has 9 heteroatoms. The van der Waals surface area contributed by atoms with Gasteiger partial charge in [0.15, 0.2) is 0 Å². The van der Waals surface area contributed by atoms with Gasteiger partial charge in [0.1, 0.15) is 0 Å². The Morgan fingerprint density at radius 1 is 1.03 bits per heavy atom. The molecule has 1 aliphatic rings. The summed E-state index contributed by atoms with van der Waals surface area (Å²) in [5, 5.41) is 5.68. The topological polar surface area (TPSA) is 98.8 Å². The van der Waals surface area contributed by atoms with E-state index in [1.165, 1.54) is 17.3 Å². The molecular formula is C24H32N4O4S. The first-order valence-electron chi connectivity index (χ1n) is 11.1. The van der Waals surface area contributed by atoms with E-state index in [0.29, 0.717) is 24.5 Å². The number of nitrogens with one attached hydrogen (secondary N) is 2. The SMILES string of the molecule is CC(=O)NC(CC(=O)Nc1cc(S(=O)(=O)N2CCCCC2)ccc1N(C)C)c1ccccc1. The van der Waals surface area contributed by atoms with Gasteiger partial charge in [-0.05, 0) is 36.6 Å². The van der Waals surface area contributed by atoms with Crippen LogP contribution in [0.15, 0.2) is 53.4 Å². The Balaban J connectivity index is 1.85. The van der Waals surface area contributed by atoms with Gasteiger partial charge in [0.05, 0.1) is 28.7 Å². The molecule has 8 nitrogen and oxygen atoms in total. The second kappa shape index (κ2) is 10.8. The number of rotatable bonds is 8. The van der Waals surface area contributed by atoms with Crippen molar-refractivity contribution in [2.24, 2.45) is 0 Å². The van der Waals surface area contributed by atoms with E-state index in [2.05, 4.69) is 10.6 Å². The number of hydrogen-bond acceptors (Lipinski definition) is 5. The average Bonchev–Trinajstić information content (AvgIpc) is 2.79. The summed E-state index contributed by atoms with van der Waals surface area (Å²) in [6.45, 7) is 2.43. The number of anilines is 2. The number of amides is 2. The van der Waals surface area contributed by atoms with Crippen LogP contribution in [0.25, 0.3) is 0 Å². The normalized spacial score (nSPS) is 15.5. The summed E-state index contributed by atoms with van der Waals surface area (Å²) in [5.41, 5.74) is 1.92. The standard InChI is InChI=1S/C24H32N4O4S/c1-18(29)25-21(19-10-6-4-7-11-19)17-24(30)26-22-16-20(12-13-23(22)27(2)3)33(31,32)28-14-8-5-9-15-28/h4,6-7,10-13,16,21H,5,8-9,14-15,17H2,1-3H3,(H,25,29)(H,26,30). The van der Waals surface area contributed by atoms with Gasteiger partial charge in [0.25, 0.3) is 0 Å². The molecule has 0 aliphatic carbocycles. The summed E-state index contributed by atoms with van der Waals surface area (Å²) in [5.74, 6) is -0.562. The highest BCUT2D eigenvalue weighted by Gasteiger charge is 2.27. The average molecular weight is 473 g/mol. The zero-order chi connectivity index (χ0) is 24.0. The summed E-state index contributed by atoms with van der Waals surface area (Å²) in [7, 11) is 0.0163. The summed E-state index contributed by atoms with van der Waals surface area (Å²) < 4.78 is 27.8. The molecule has 2 amide bonds. The molecule has 1 heterocycles. The van der Waals surface area contributed by atoms with E-state index in [1.807, 2.05) is 49.3 Å². The molecule has 1 atom stereocenters. The van der Waals surface area contributed by atoms with Gasteiger partial charge in [-0.15, -0.1) is 0 Å². The lowest BCUT2D eigenvalue weighted by Gasteiger charge is -2.27. The molecule has 1 saturated heterocycles. The van der Waals surface area contributed by atoms with Gasteiger partial charge in [0.2, 0.25) is 21.8 Å². The van der Waals surface area contributed by atoms with Crippen molar-refractivity contribution in [1.82, 2.24) is 9.62 Å². The van der Waals surface area contributed by atoms with E-state index in [1.54, 1.807) is 12.1 Å². The predicted molar refractivity (Wildman–Crippen MR) is 130 cm³/mol. The Morgan fingerprint density at radius 2 is 1.70 bits per heavy atom. The summed E-state index contributed by atoms with van der Waals surface area (Å²) in [4.78, 5) is 26.6. The van der Waals surface area contributed by atoms with Gasteiger partial charge in [-0.2, -0.15) is 4.31 Å². The van der Waals surface area contributed by atoms with E-state index in [0.717, 1.165) is 24.8 Å². The minimum absolute atomic E-state index is 0.0135. The van der Waals surface area contributed by atoms with Crippen molar-refractivity contribution in [1.29, 1.82) is 0 Å². The first-order valence-corrected chi connectivity index (χ1v) is 12.6. The number of sulfonamides is 1. The maximum absolute atomic E-state index is 13.1. The fraction of sp³-hybridized carbons (Fsp3) is 0.417. The highest BCUT2D eigenvalue weighted by molar-refractivity contribution is 7.89. The highest BCUT2D eigenvalue weighted by Crippen LogP contribution is 2.30. The van der Waals surface area contributed by atoms with E-state index in [4.69, 9.17) is 0 Å². The predicted octanol–water partition coefficient (Wildman–Crippen LogP) is 3.13. The summed E-state index contributed by atoms with van der Waals surface area (Å²) >= 11 is 0. The number of piperidine rings is 1. The number of carbonyl (C=O) groups is 2. The smallest absolute Gasteiger partial charge is 0.243 e. The molecule has 2 aromatic carbocycles. The first kappa shape index (κ1) is 24.7. The second-order valence-electron chi connectivity index (χ2n) is 8.45. The molecule has 0 radical (unpaired) electrons. The van der Waals surface area contributed by atoms with Crippen LogP contribution in [-0.2, 0) is 19.6 Å². The molecule has 178 valence electrons. The van der Waals surface area contributed by atoms with Gasteiger partial charge in [0, 0.05) is 34.1 Å². The Morgan fingerprint density at radius 3 is 2.30 bits per heavy atom. The molecule has 1 fully saturated rings. The van der Waals surface area contributed by atoms with Crippen LogP contribution in [-0.4, -0.2) is 51.7 Å². The highest BCUT2D eigenvalue weighted by atomic mass is 32.2. The molecule has 0 spiro atoms. The largest absolute Gasteiger partial charge is 0.376 e. The van der Waals surface area contributed by atoms with E-state index < -0.39 is 16.1 Å². The molecule has 1 unspecified atom stereocenters. The minimum atomic E-state index is -3.64. The van der Waals surface area contributed by atoms with Gasteiger partial charge in [-0.1, -0.05) is 36.8 Å². The van der Waals surface area contributed by atoms with Crippen LogP contribution in [0.5, 0.6) is 0 Å². The second-order valence-corrected chi connectivity index (χ2v) is 10.4. The van der Waals surface area contributed by atoms with E-state index >= 15 is 0 Å². The number of nitrogens with zero attached hydrogens (tertiary/aromatic N) is 2. The molecule has 1 aliphatic heterocycles. The van der Waals surface area contributed by atoms with Gasteiger partial charge in [-0.25, -0.2) is 8.42 Å². The van der Waals surface area contributed by atoms with Crippen molar-refractivity contribution in [3.8, 4) is 0 Å². The van der Waals surface area contributed by atoms with Crippen molar-refractivity contribution < 1.29 is 18.0 Å². The van der Waals surface area contributed by atoms with Crippen molar-refractivity contribution >= 4 is 33.2 Å². The van der Waals surface area contributed by atoms with Gasteiger partial charge >= 0.3 is 0 Å². The van der Waals surface area contributed by atoms with Crippen LogP contribution < -0.4 is 15.5 Å². The molecule has 3 rings (SSSR count). The minimum Gasteiger partial charge on any atom is -0.376 e. The van der Waals surface area contributed by atoms with Crippen molar-refractivity contribution in [3.05, 3.63) is 54.1 Å². The first-order chi connectivity index (χ1) is 15.7. The van der Waals surface area contributed by atoms with Crippen molar-refractivity contribution in [2.45, 2.75) is 43.5 Å². The lowest BCUT2D eigenvalue weighted by atomic mass is 10.0. The summed E-state index contributed by atoms with van der Waals surface area (Å²) in [6, 6.07) is 13.6. The monoisotopic (exact) mass is 472 g/mol. The Kier molecular flexibility index (Phi) is 8.10. The molecule has 33 heavy (non-hydrogen) atoms. The van der Waals surface area contributed by atoms with Crippen molar-refractivity contribution in [3.63, 3.8) is 0 Å². The molecule has 0 aromatic heterocycles. The zero-order valence-electron chi connectivity index (χ0n) is 19.4. The summed E-state index contributed by atoms with van der Waals surface area (Å²) in [6.07, 6.45) is 2.74. The van der Waals surface area contributed by atoms with Crippen molar-refractivity contribution in [2.75, 3.05) is 37.4 Å². The maximum atomic E-state index is 13.1. The number of carbonyl (C=O) groups excluding carboxylic acids is 2. The van der Waals surface area contributed by atoms with Crippen LogP contribution in [0.2, 0.25) is 0 Å². The lowest BCUT2D eigenvalue weighted by Crippen LogP contribution is -2.35. The zero-order valence-corrected chi connectivity index (χ0v) is 20.2. The lowest BCUT2D eigenvalue weighted by molar-refractivity contribution is -0.120. The quantitative estimate of drug-likeness (QED) is 0.615. The van der Waals surface area contributed by atoms with Gasteiger partial charge in [-0.3, -0.25) is 9.59 Å². The Labute approximate surface area is 196 Å². The molecule has 2 aromatic rings. The third-order valence-electron chi connectivity index (χ3n) is 5.65. The van der Waals surface area contributed by atoms with Crippen LogP contribution in [0.1, 0.15) is 44.2 Å². The Bertz CT molecular complexity index is 1080. The van der Waals surface area contributed by atoms with E-state index in [-0.39, 0.29) is 23.1 Å². The molecule has 0 bridgehead atoms. The van der Waals surface area contributed by atoms with Crippen LogP contribution in [0, 0.1) is 0 Å². The fourth-order valence-corrected chi connectivity index (χ4v) is 5.53. The van der Waals surface area contributed by atoms with Crippen LogP contribution in [0.3, 0.4) is 0 Å². The molecule has 0 saturated carbocycles. The Hall–Kier alpha value is -2.91. The number of benzene rings is 2. The fourth-order valence-electron chi connectivity index (χ4n) is 3.99. The molecular weight excluding hydrogens is 440 g/mol. The van der Waals surface area contributed by atoms with Crippen LogP contribution in [0.4, 0.5) is 11.4 Å². The van der Waals surface area contributed by atoms with E-state index in [9.17, 15) is 18.0 Å². The third-order valence-corrected chi connectivity index (χ3v) is 7.54. The molecule has 2 N–H and O–H groups in total. The number of hydrogen-bond donors (Lipinski definition) is 2. The van der Waals surface area contributed by atoms with Crippen LogP contribution >= 0.6 is 0 Å². The third kappa shape index (κ3) is 6.33. The van der Waals surface area contributed by atoms with Gasteiger partial charge < -0.3 is 15.5 Å².